The van der Waals surface area contributed by atoms with Gasteiger partial charge in [-0.25, -0.2) is 0 Å². The second kappa shape index (κ2) is 0.581. The standard InChI is InChI=1S/2C5H5.C3H6O2S.Fe/c2*1-2-4-5-3-1;1-2(6)3(4)5;/h2*1-5H;2,6H,1H3,(H,4,5);. The molecule has 0 aliphatic carbocycles. The maximum absolute atomic E-state index is 9.62. The van der Waals surface area contributed by atoms with E-state index in [-0.39, 0.29) is 0 Å². The minimum absolute atomic E-state index is 0.537. The summed E-state index contributed by atoms with van der Waals surface area (Å²) in [5.41, 5.74) is 0. The summed E-state index contributed by atoms with van der Waals surface area (Å²) in [4.78, 5) is 25.5. The number of hydrogen-bond acceptors (Lipinski definition) is 2. The molecule has 10 aliphatic rings. The first-order valence-corrected chi connectivity index (χ1v) is 13.8. The van der Waals surface area contributed by atoms with Gasteiger partial charge in [0, 0.05) is 0 Å². The molecule has 10 rings (SSSR count). The summed E-state index contributed by atoms with van der Waals surface area (Å²) in [5.74, 6) is -0.877. The van der Waals surface area contributed by atoms with Gasteiger partial charge < -0.3 is 5.11 Å². The van der Waals surface area contributed by atoms with E-state index in [1.165, 1.54) is 6.92 Å². The van der Waals surface area contributed by atoms with E-state index in [1.807, 2.05) is 0 Å². The van der Waals surface area contributed by atoms with Crippen molar-refractivity contribution in [2.24, 2.45) is 0 Å². The molecule has 0 aromatic rings. The van der Waals surface area contributed by atoms with E-state index in [0.717, 1.165) is 0 Å². The molecule has 10 saturated heterocycles. The van der Waals surface area contributed by atoms with Crippen LogP contribution in [-0.4, -0.2) is 16.3 Å². The second-order valence-electron chi connectivity index (χ2n) is 10.6. The number of rotatable bonds is 1. The van der Waals surface area contributed by atoms with Crippen molar-refractivity contribution in [2.45, 2.75) is 60.3 Å². The van der Waals surface area contributed by atoms with Crippen LogP contribution in [0.15, 0.2) is 0 Å². The minimum atomic E-state index is -2.28. The average Bonchev–Trinajstić information content (AvgIpc) is 3.24. The predicted molar refractivity (Wildman–Crippen MR) is 63.6 cm³/mol. The fraction of sp³-hybridized carbons (Fsp3) is 0.923. The van der Waals surface area contributed by atoms with Crippen LogP contribution in [0.4, 0.5) is 0 Å². The van der Waals surface area contributed by atoms with Crippen molar-refractivity contribution in [3.05, 3.63) is 0 Å². The Balaban J connectivity index is 0.0000000947. The summed E-state index contributed by atoms with van der Waals surface area (Å²) in [6, 6.07) is 0. The van der Waals surface area contributed by atoms with Crippen LogP contribution in [0.3, 0.4) is 0 Å². The number of hydrogen-bond donors (Lipinski definition) is 2. The third kappa shape index (κ3) is 0.0805. The Hall–Kier alpha value is 0.339. The second-order valence-corrected chi connectivity index (χ2v) is 35.3. The Morgan fingerprint density at radius 3 is 1.12 bits per heavy atom. The first-order valence-electron chi connectivity index (χ1n) is 6.93. The molecule has 0 amide bonds. The summed E-state index contributed by atoms with van der Waals surface area (Å²) in [5, 5.41) is 7.38. The molecule has 17 heavy (non-hydrogen) atoms. The van der Waals surface area contributed by atoms with Gasteiger partial charge in [-0.1, -0.05) is 0 Å². The molecule has 4 heteroatoms. The van der Waals surface area contributed by atoms with Gasteiger partial charge in [0.1, 0.15) is 0 Å². The average molecular weight is 292 g/mol. The van der Waals surface area contributed by atoms with Crippen molar-refractivity contribution >= 4 is 18.6 Å². The number of fused-ring (bicyclic) bond motifs is 10. The molecule has 1 atom stereocenters. The Kier molecular flexibility index (Phi) is 0.246. The zero-order valence-corrected chi connectivity index (χ0v) is 11.5. The molecule has 2 nitrogen and oxygen atoms in total. The van der Waals surface area contributed by atoms with Crippen LogP contribution in [0.1, 0.15) is 6.92 Å². The zero-order chi connectivity index (χ0) is 11.2. The van der Waals surface area contributed by atoms with Gasteiger partial charge in [0.2, 0.25) is 0 Å². The summed E-state index contributed by atoms with van der Waals surface area (Å²) in [6.45, 7) is -0.778. The number of carbonyl (C=O) groups is 1. The molecule has 0 saturated carbocycles. The summed E-state index contributed by atoms with van der Waals surface area (Å²) < 4.78 is 0. The third-order valence-corrected chi connectivity index (χ3v) is 57.0. The van der Waals surface area contributed by atoms with E-state index in [4.69, 9.17) is 5.11 Å². The van der Waals surface area contributed by atoms with Crippen molar-refractivity contribution < 1.29 is 16.4 Å². The van der Waals surface area contributed by atoms with Crippen molar-refractivity contribution in [1.82, 2.24) is 0 Å². The van der Waals surface area contributed by atoms with Crippen LogP contribution < -0.4 is 0 Å². The Morgan fingerprint density at radius 1 is 0.941 bits per heavy atom. The fourth-order valence-electron chi connectivity index (χ4n) is 15.8. The normalized spacial score (nSPS) is 115. The van der Waals surface area contributed by atoms with Gasteiger partial charge in [-0.15, -0.1) is 0 Å². The van der Waals surface area contributed by atoms with Crippen LogP contribution in [0.5, 0.6) is 0 Å². The molecule has 0 bridgehead atoms. The van der Waals surface area contributed by atoms with Gasteiger partial charge in [0.15, 0.2) is 0 Å². The van der Waals surface area contributed by atoms with E-state index in [9.17, 15) is 4.79 Å². The fourth-order valence-corrected chi connectivity index (χ4v) is 88.0. The van der Waals surface area contributed by atoms with Crippen LogP contribution in [0.25, 0.3) is 0 Å². The Morgan fingerprint density at radius 2 is 1.12 bits per heavy atom. The number of carboxylic acids is 1. The first kappa shape index (κ1) is 7.21. The Bertz CT molecular complexity index is 720. The van der Waals surface area contributed by atoms with Gasteiger partial charge in [0.05, 0.1) is 5.25 Å². The number of thiol groups is 1. The van der Waals surface area contributed by atoms with Gasteiger partial charge in [-0.2, -0.15) is 12.6 Å². The van der Waals surface area contributed by atoms with Crippen molar-refractivity contribution in [1.29, 1.82) is 0 Å². The molecule has 0 aromatic heterocycles. The van der Waals surface area contributed by atoms with Crippen LogP contribution in [0.2, 0.25) is 48.2 Å². The van der Waals surface area contributed by atoms with Gasteiger partial charge in [-0.3, -0.25) is 4.79 Å². The van der Waals surface area contributed by atoms with Crippen LogP contribution in [0, 0.1) is 0 Å². The van der Waals surface area contributed by atoms with E-state index < -0.39 is 17.7 Å². The van der Waals surface area contributed by atoms with E-state index in [2.05, 4.69) is 12.6 Å². The predicted octanol–water partition coefficient (Wildman–Crippen LogP) is 3.76. The van der Waals surface area contributed by atoms with Gasteiger partial charge >= 0.3 is 60.6 Å². The SMILES string of the molecule is CC(S)C(=O)O.[CH]12[CH]3[CH]4[CH]5[CH]1[Fe]23451678[CH]2[CH]1[CH]6[CH]7[CH]28. The molecule has 1 unspecified atom stereocenters. The topological polar surface area (TPSA) is 37.3 Å². The van der Waals surface area contributed by atoms with Gasteiger partial charge in [-0.05, 0) is 6.92 Å². The maximum atomic E-state index is 9.62. The van der Waals surface area contributed by atoms with Gasteiger partial charge in [0.25, 0.3) is 0 Å². The first-order chi connectivity index (χ1) is 7.80. The molecule has 0 radical (unpaired) electrons. The monoisotopic (exact) mass is 292 g/mol. The molecular formula is C13H16FeO2S. The number of aliphatic carboxylic acids is 1. The summed E-state index contributed by atoms with van der Waals surface area (Å²) in [6.07, 6.45) is 0. The van der Waals surface area contributed by atoms with E-state index in [0.29, 0.717) is 0 Å². The molecule has 94 valence electrons. The molecule has 10 heterocycles. The van der Waals surface area contributed by atoms with Crippen molar-refractivity contribution in [2.75, 3.05) is 0 Å². The van der Waals surface area contributed by atoms with Crippen LogP contribution >= 0.6 is 12.6 Å². The quantitative estimate of drug-likeness (QED) is 0.570. The molecule has 10 aliphatic heterocycles. The van der Waals surface area contributed by atoms with Crippen molar-refractivity contribution in [3.63, 3.8) is 0 Å². The molecule has 10 fully saturated rings. The molecule has 1 spiro atoms. The molecule has 1 N–H and O–H groups in total. The molecule has 0 aromatic carbocycles. The van der Waals surface area contributed by atoms with Crippen molar-refractivity contribution in [3.8, 4) is 0 Å². The summed E-state index contributed by atoms with van der Waals surface area (Å²) >= 11 is 3.59. The van der Waals surface area contributed by atoms with E-state index >= 15 is 0 Å². The van der Waals surface area contributed by atoms with E-state index in [1.54, 1.807) is 48.2 Å². The third-order valence-electron chi connectivity index (χ3n) is 14.9. The zero-order valence-electron chi connectivity index (χ0n) is 9.51. The molecular weight excluding hydrogens is 276 g/mol. The summed E-state index contributed by atoms with van der Waals surface area (Å²) in [7, 11) is 0. The Labute approximate surface area is 95.2 Å². The van der Waals surface area contributed by atoms with Crippen LogP contribution in [-0.2, 0) is 11.3 Å². The number of carboxylic acid groups (broad SMARTS) is 1.